The third kappa shape index (κ3) is 4.38. The van der Waals surface area contributed by atoms with Gasteiger partial charge in [0.15, 0.2) is 0 Å². The molecule has 102 valence electrons. The molecule has 0 bridgehead atoms. The minimum atomic E-state index is -3.47. The maximum Gasteiger partial charge on any atom is 0.240 e. The quantitative estimate of drug-likeness (QED) is 0.766. The topological polar surface area (TPSA) is 81.4 Å². The summed E-state index contributed by atoms with van der Waals surface area (Å²) in [6, 6.07) is 6.63. The van der Waals surface area contributed by atoms with Gasteiger partial charge in [-0.05, 0) is 23.6 Å². The lowest BCUT2D eigenvalue weighted by Crippen LogP contribution is -2.30. The van der Waals surface area contributed by atoms with E-state index in [1.807, 2.05) is 6.92 Å². The second-order valence-electron chi connectivity index (χ2n) is 4.26. The number of methoxy groups -OCH3 is 1. The molecule has 6 heteroatoms. The number of rotatable bonds is 7. The van der Waals surface area contributed by atoms with E-state index >= 15 is 0 Å². The molecule has 0 spiro atoms. The molecule has 5 nitrogen and oxygen atoms in total. The standard InChI is InChI=1S/C12H20N2O3S/c1-10(9-17-2)8-14-18(15,16)12-5-3-4-11(6-12)7-13/h3-6,10,14H,7-9,13H2,1-2H3. The first-order valence-electron chi connectivity index (χ1n) is 5.77. The Bertz CT molecular complexity index is 474. The molecule has 0 saturated carbocycles. The first kappa shape index (κ1) is 15.1. The molecule has 1 aromatic carbocycles. The zero-order chi connectivity index (χ0) is 13.6. The van der Waals surface area contributed by atoms with Crippen LogP contribution in [0.5, 0.6) is 0 Å². The van der Waals surface area contributed by atoms with Crippen LogP contribution in [-0.4, -0.2) is 28.7 Å². The third-order valence-electron chi connectivity index (χ3n) is 2.52. The summed E-state index contributed by atoms with van der Waals surface area (Å²) in [5.41, 5.74) is 6.29. The van der Waals surface area contributed by atoms with Crippen molar-refractivity contribution in [2.24, 2.45) is 11.7 Å². The predicted molar refractivity (Wildman–Crippen MR) is 70.6 cm³/mol. The Morgan fingerprint density at radius 2 is 2.17 bits per heavy atom. The van der Waals surface area contributed by atoms with E-state index in [0.29, 0.717) is 19.7 Å². The molecule has 0 heterocycles. The minimum absolute atomic E-state index is 0.127. The highest BCUT2D eigenvalue weighted by molar-refractivity contribution is 7.89. The highest BCUT2D eigenvalue weighted by atomic mass is 32.2. The van der Waals surface area contributed by atoms with Gasteiger partial charge in [0.25, 0.3) is 0 Å². The summed E-state index contributed by atoms with van der Waals surface area (Å²) in [5, 5.41) is 0. The lowest BCUT2D eigenvalue weighted by molar-refractivity contribution is 0.161. The van der Waals surface area contributed by atoms with Gasteiger partial charge in [0, 0.05) is 26.8 Å². The van der Waals surface area contributed by atoms with Crippen molar-refractivity contribution in [3.63, 3.8) is 0 Å². The van der Waals surface area contributed by atoms with E-state index in [1.54, 1.807) is 31.4 Å². The third-order valence-corrected chi connectivity index (χ3v) is 3.94. The minimum Gasteiger partial charge on any atom is -0.384 e. The van der Waals surface area contributed by atoms with Crippen LogP contribution in [0.15, 0.2) is 29.2 Å². The van der Waals surface area contributed by atoms with E-state index in [4.69, 9.17) is 10.5 Å². The van der Waals surface area contributed by atoms with Crippen molar-refractivity contribution in [2.45, 2.75) is 18.4 Å². The van der Waals surface area contributed by atoms with Gasteiger partial charge in [-0.1, -0.05) is 19.1 Å². The number of hydrogen-bond donors (Lipinski definition) is 2. The second kappa shape index (κ2) is 6.84. The molecule has 1 unspecified atom stereocenters. The highest BCUT2D eigenvalue weighted by Gasteiger charge is 2.15. The van der Waals surface area contributed by atoms with Crippen LogP contribution in [0.25, 0.3) is 0 Å². The normalized spacial score (nSPS) is 13.5. The highest BCUT2D eigenvalue weighted by Crippen LogP contribution is 2.11. The first-order valence-corrected chi connectivity index (χ1v) is 7.25. The van der Waals surface area contributed by atoms with Crippen molar-refractivity contribution >= 4 is 10.0 Å². The van der Waals surface area contributed by atoms with Gasteiger partial charge >= 0.3 is 0 Å². The monoisotopic (exact) mass is 272 g/mol. The Balaban J connectivity index is 2.73. The average molecular weight is 272 g/mol. The van der Waals surface area contributed by atoms with Crippen LogP contribution in [0.1, 0.15) is 12.5 Å². The van der Waals surface area contributed by atoms with Crippen molar-refractivity contribution in [3.05, 3.63) is 29.8 Å². The summed E-state index contributed by atoms with van der Waals surface area (Å²) in [5.74, 6) is 0.127. The van der Waals surface area contributed by atoms with E-state index in [2.05, 4.69) is 4.72 Å². The number of ether oxygens (including phenoxy) is 1. The summed E-state index contributed by atoms with van der Waals surface area (Å²) in [6.07, 6.45) is 0. The number of benzene rings is 1. The molecule has 0 radical (unpaired) electrons. The molecule has 0 aliphatic rings. The largest absolute Gasteiger partial charge is 0.384 e. The Morgan fingerprint density at radius 3 is 2.78 bits per heavy atom. The van der Waals surface area contributed by atoms with Crippen LogP contribution < -0.4 is 10.5 Å². The SMILES string of the molecule is COCC(C)CNS(=O)(=O)c1cccc(CN)c1. The van der Waals surface area contributed by atoms with Gasteiger partial charge in [-0.15, -0.1) is 0 Å². The van der Waals surface area contributed by atoms with Crippen LogP contribution in [0, 0.1) is 5.92 Å². The van der Waals surface area contributed by atoms with Gasteiger partial charge in [-0.3, -0.25) is 0 Å². The molecule has 0 aliphatic carbocycles. The van der Waals surface area contributed by atoms with Gasteiger partial charge in [0.05, 0.1) is 4.90 Å². The fourth-order valence-corrected chi connectivity index (χ4v) is 2.75. The van der Waals surface area contributed by atoms with E-state index in [0.717, 1.165) is 5.56 Å². The Kier molecular flexibility index (Phi) is 5.74. The van der Waals surface area contributed by atoms with Crippen molar-refractivity contribution in [1.29, 1.82) is 0 Å². The lowest BCUT2D eigenvalue weighted by Gasteiger charge is -2.12. The second-order valence-corrected chi connectivity index (χ2v) is 6.03. The van der Waals surface area contributed by atoms with Gasteiger partial charge in [0.1, 0.15) is 0 Å². The fourth-order valence-electron chi connectivity index (χ4n) is 1.52. The summed E-state index contributed by atoms with van der Waals surface area (Å²) in [6.45, 7) is 3.11. The van der Waals surface area contributed by atoms with Crippen LogP contribution >= 0.6 is 0 Å². The molecule has 0 saturated heterocycles. The molecule has 3 N–H and O–H groups in total. The van der Waals surface area contributed by atoms with Gasteiger partial charge in [0.2, 0.25) is 10.0 Å². The molecular weight excluding hydrogens is 252 g/mol. The van der Waals surface area contributed by atoms with Gasteiger partial charge in [-0.25, -0.2) is 13.1 Å². The summed E-state index contributed by atoms with van der Waals surface area (Å²) < 4.78 is 31.6. The first-order chi connectivity index (χ1) is 8.49. The predicted octanol–water partition coefficient (Wildman–Crippen LogP) is 0.706. The van der Waals surface area contributed by atoms with Crippen LogP contribution in [0.2, 0.25) is 0 Å². The molecule has 18 heavy (non-hydrogen) atoms. The Hall–Kier alpha value is -0.950. The van der Waals surface area contributed by atoms with Crippen molar-refractivity contribution < 1.29 is 13.2 Å². The van der Waals surface area contributed by atoms with Gasteiger partial charge in [-0.2, -0.15) is 0 Å². The van der Waals surface area contributed by atoms with E-state index in [1.165, 1.54) is 0 Å². The molecule has 0 fully saturated rings. The molecule has 1 atom stereocenters. The van der Waals surface area contributed by atoms with E-state index < -0.39 is 10.0 Å². The van der Waals surface area contributed by atoms with Gasteiger partial charge < -0.3 is 10.5 Å². The summed E-state index contributed by atoms with van der Waals surface area (Å²) >= 11 is 0. The van der Waals surface area contributed by atoms with Crippen LogP contribution in [0.4, 0.5) is 0 Å². The zero-order valence-electron chi connectivity index (χ0n) is 10.7. The van der Waals surface area contributed by atoms with E-state index in [-0.39, 0.29) is 10.8 Å². The van der Waals surface area contributed by atoms with Crippen molar-refractivity contribution in [1.82, 2.24) is 4.72 Å². The molecular formula is C12H20N2O3S. The summed E-state index contributed by atoms with van der Waals surface area (Å²) in [4.78, 5) is 0.245. The van der Waals surface area contributed by atoms with Crippen LogP contribution in [-0.2, 0) is 21.3 Å². The lowest BCUT2D eigenvalue weighted by atomic mass is 10.2. The number of nitrogens with two attached hydrogens (primary N) is 1. The molecule has 0 aliphatic heterocycles. The van der Waals surface area contributed by atoms with E-state index in [9.17, 15) is 8.42 Å². The molecule has 1 aromatic rings. The maximum atomic E-state index is 12.0. The Labute approximate surface area is 108 Å². The fraction of sp³-hybridized carbons (Fsp3) is 0.500. The molecule has 1 rings (SSSR count). The number of nitrogens with one attached hydrogen (secondary N) is 1. The maximum absolute atomic E-state index is 12.0. The van der Waals surface area contributed by atoms with Crippen molar-refractivity contribution in [3.8, 4) is 0 Å². The number of hydrogen-bond acceptors (Lipinski definition) is 4. The van der Waals surface area contributed by atoms with Crippen molar-refractivity contribution in [2.75, 3.05) is 20.3 Å². The summed E-state index contributed by atoms with van der Waals surface area (Å²) in [7, 11) is -1.87. The zero-order valence-corrected chi connectivity index (χ0v) is 11.5. The molecule has 0 amide bonds. The number of sulfonamides is 1. The smallest absolute Gasteiger partial charge is 0.240 e. The molecule has 0 aromatic heterocycles. The average Bonchev–Trinajstić information content (AvgIpc) is 2.37. The van der Waals surface area contributed by atoms with Crippen LogP contribution in [0.3, 0.4) is 0 Å². The Morgan fingerprint density at radius 1 is 1.44 bits per heavy atom.